The van der Waals surface area contributed by atoms with Crippen molar-refractivity contribution in [2.45, 2.75) is 57.5 Å². The van der Waals surface area contributed by atoms with Crippen molar-refractivity contribution in [3.63, 3.8) is 0 Å². The van der Waals surface area contributed by atoms with E-state index in [0.717, 1.165) is 25.2 Å². The molecule has 0 aromatic carbocycles. The van der Waals surface area contributed by atoms with Gasteiger partial charge in [-0.15, -0.1) is 0 Å². The van der Waals surface area contributed by atoms with E-state index in [1.807, 2.05) is 0 Å². The fourth-order valence-corrected chi connectivity index (χ4v) is 3.79. The summed E-state index contributed by atoms with van der Waals surface area (Å²) in [6, 6.07) is 0.959. The van der Waals surface area contributed by atoms with Gasteiger partial charge in [0.05, 0.1) is 11.9 Å². The van der Waals surface area contributed by atoms with Crippen LogP contribution in [0.2, 0.25) is 0 Å². The van der Waals surface area contributed by atoms with Crippen LogP contribution in [-0.4, -0.2) is 62.4 Å². The van der Waals surface area contributed by atoms with Crippen LogP contribution in [0.4, 0.5) is 0 Å². The van der Waals surface area contributed by atoms with Crippen LogP contribution in [0.25, 0.3) is 0 Å². The Morgan fingerprint density at radius 3 is 2.95 bits per heavy atom. The highest BCUT2D eigenvalue weighted by atomic mass is 16.2. The molecular formula is C16H27N5O. The molecule has 0 spiro atoms. The zero-order valence-electron chi connectivity index (χ0n) is 13.7. The Balaban J connectivity index is 1.59. The van der Waals surface area contributed by atoms with Crippen molar-refractivity contribution < 1.29 is 4.79 Å². The Morgan fingerprint density at radius 2 is 2.23 bits per heavy atom. The number of nitrogens with zero attached hydrogens (tertiary/aromatic N) is 5. The molecule has 6 nitrogen and oxygen atoms in total. The molecule has 1 aromatic rings. The molecule has 3 rings (SSSR count). The van der Waals surface area contributed by atoms with Crippen LogP contribution < -0.4 is 0 Å². The van der Waals surface area contributed by atoms with Gasteiger partial charge in [0.2, 0.25) is 5.91 Å². The van der Waals surface area contributed by atoms with Crippen LogP contribution in [0.15, 0.2) is 6.20 Å². The summed E-state index contributed by atoms with van der Waals surface area (Å²) in [5.74, 6) is 0.280. The molecule has 2 unspecified atom stereocenters. The Labute approximate surface area is 132 Å². The maximum atomic E-state index is 12.7. The smallest absolute Gasteiger partial charge is 0.223 e. The van der Waals surface area contributed by atoms with Gasteiger partial charge in [-0.1, -0.05) is 13.3 Å². The summed E-state index contributed by atoms with van der Waals surface area (Å²) in [5, 5.41) is 8.33. The summed E-state index contributed by atoms with van der Waals surface area (Å²) in [4.78, 5) is 19.0. The molecule has 6 heteroatoms. The Morgan fingerprint density at radius 1 is 1.36 bits per heavy atom. The molecule has 0 saturated carbocycles. The molecule has 3 heterocycles. The lowest BCUT2D eigenvalue weighted by Gasteiger charge is -2.48. The SMILES string of the molecule is CCC1CN2CCCCC2CN1C(=O)CCc1cnn(C)n1. The number of hydrogen-bond acceptors (Lipinski definition) is 4. The third-order valence-corrected chi connectivity index (χ3v) is 5.08. The average molecular weight is 305 g/mol. The minimum Gasteiger partial charge on any atom is -0.337 e. The Hall–Kier alpha value is -1.43. The first-order valence-corrected chi connectivity index (χ1v) is 8.56. The topological polar surface area (TPSA) is 54.3 Å². The summed E-state index contributed by atoms with van der Waals surface area (Å²) in [5.41, 5.74) is 0.903. The number of piperazine rings is 1. The Bertz CT molecular complexity index is 514. The molecule has 0 aliphatic carbocycles. The number of aromatic nitrogens is 3. The first kappa shape index (κ1) is 15.5. The summed E-state index contributed by atoms with van der Waals surface area (Å²) >= 11 is 0. The van der Waals surface area contributed by atoms with E-state index in [4.69, 9.17) is 0 Å². The number of hydrogen-bond donors (Lipinski definition) is 0. The van der Waals surface area contributed by atoms with Crippen molar-refractivity contribution >= 4 is 5.91 Å². The van der Waals surface area contributed by atoms with Crippen molar-refractivity contribution in [1.29, 1.82) is 0 Å². The molecule has 0 N–H and O–H groups in total. The van der Waals surface area contributed by atoms with Crippen molar-refractivity contribution in [3.8, 4) is 0 Å². The minimum absolute atomic E-state index is 0.280. The molecule has 2 atom stereocenters. The van der Waals surface area contributed by atoms with Gasteiger partial charge in [0.25, 0.3) is 0 Å². The third kappa shape index (κ3) is 3.32. The summed E-state index contributed by atoms with van der Waals surface area (Å²) in [6.07, 6.45) is 7.89. The van der Waals surface area contributed by atoms with Crippen LogP contribution in [-0.2, 0) is 18.3 Å². The molecule has 122 valence electrons. The summed E-state index contributed by atoms with van der Waals surface area (Å²) in [7, 11) is 1.81. The van der Waals surface area contributed by atoms with Gasteiger partial charge in [0.1, 0.15) is 0 Å². The molecule has 0 bridgehead atoms. The number of piperidine rings is 1. The van der Waals surface area contributed by atoms with Gasteiger partial charge in [0, 0.05) is 45.1 Å². The van der Waals surface area contributed by atoms with Gasteiger partial charge in [-0.3, -0.25) is 9.69 Å². The van der Waals surface area contributed by atoms with Crippen LogP contribution in [0.1, 0.15) is 44.7 Å². The standard InChI is InChI=1S/C16H27N5O/c1-3-14-11-20-9-5-4-6-15(20)12-21(14)16(22)8-7-13-10-17-19(2)18-13/h10,14-15H,3-9,11-12H2,1-2H3. The van der Waals surface area contributed by atoms with Crippen LogP contribution in [0.3, 0.4) is 0 Å². The van der Waals surface area contributed by atoms with E-state index in [0.29, 0.717) is 24.9 Å². The molecule has 1 aromatic heterocycles. The average Bonchev–Trinajstić information content (AvgIpc) is 2.96. The molecule has 1 amide bonds. The first-order valence-electron chi connectivity index (χ1n) is 8.56. The van der Waals surface area contributed by atoms with E-state index >= 15 is 0 Å². The van der Waals surface area contributed by atoms with Gasteiger partial charge in [0.15, 0.2) is 0 Å². The number of rotatable bonds is 4. The lowest BCUT2D eigenvalue weighted by Crippen LogP contribution is -2.60. The van der Waals surface area contributed by atoms with E-state index < -0.39 is 0 Å². The number of carbonyl (C=O) groups excluding carboxylic acids is 1. The molecule has 2 aliphatic rings. The zero-order chi connectivity index (χ0) is 15.5. The molecular weight excluding hydrogens is 278 g/mol. The maximum absolute atomic E-state index is 12.7. The van der Waals surface area contributed by atoms with E-state index in [1.54, 1.807) is 18.0 Å². The van der Waals surface area contributed by atoms with E-state index in [1.165, 1.54) is 25.8 Å². The lowest BCUT2D eigenvalue weighted by atomic mass is 9.95. The molecule has 2 aliphatic heterocycles. The third-order valence-electron chi connectivity index (χ3n) is 5.08. The zero-order valence-corrected chi connectivity index (χ0v) is 13.7. The monoisotopic (exact) mass is 305 g/mol. The predicted molar refractivity (Wildman–Crippen MR) is 84.3 cm³/mol. The second-order valence-corrected chi connectivity index (χ2v) is 6.58. The second-order valence-electron chi connectivity index (χ2n) is 6.58. The van der Waals surface area contributed by atoms with Crippen LogP contribution in [0.5, 0.6) is 0 Å². The van der Waals surface area contributed by atoms with Crippen molar-refractivity contribution in [1.82, 2.24) is 24.8 Å². The number of aryl methyl sites for hydroxylation is 2. The second kappa shape index (κ2) is 6.77. The fraction of sp³-hybridized carbons (Fsp3) is 0.812. The van der Waals surface area contributed by atoms with E-state index in [-0.39, 0.29) is 5.91 Å². The van der Waals surface area contributed by atoms with E-state index in [2.05, 4.69) is 26.9 Å². The highest BCUT2D eigenvalue weighted by Crippen LogP contribution is 2.25. The van der Waals surface area contributed by atoms with Crippen LogP contribution in [0, 0.1) is 0 Å². The fourth-order valence-electron chi connectivity index (χ4n) is 3.79. The number of amides is 1. The van der Waals surface area contributed by atoms with Crippen molar-refractivity contribution in [2.75, 3.05) is 19.6 Å². The van der Waals surface area contributed by atoms with Crippen molar-refractivity contribution in [3.05, 3.63) is 11.9 Å². The quantitative estimate of drug-likeness (QED) is 0.839. The van der Waals surface area contributed by atoms with Gasteiger partial charge in [-0.05, 0) is 25.8 Å². The van der Waals surface area contributed by atoms with Gasteiger partial charge in [-0.25, -0.2) is 0 Å². The van der Waals surface area contributed by atoms with Crippen LogP contribution >= 0.6 is 0 Å². The lowest BCUT2D eigenvalue weighted by molar-refractivity contribution is -0.138. The van der Waals surface area contributed by atoms with Gasteiger partial charge >= 0.3 is 0 Å². The molecule has 2 fully saturated rings. The minimum atomic E-state index is 0.280. The molecule has 2 saturated heterocycles. The number of carbonyl (C=O) groups is 1. The summed E-state index contributed by atoms with van der Waals surface area (Å²) < 4.78 is 0. The Kier molecular flexibility index (Phi) is 4.76. The first-order chi connectivity index (χ1) is 10.7. The van der Waals surface area contributed by atoms with Gasteiger partial charge in [-0.2, -0.15) is 15.0 Å². The predicted octanol–water partition coefficient (Wildman–Crippen LogP) is 1.22. The summed E-state index contributed by atoms with van der Waals surface area (Å²) in [6.45, 7) is 5.37. The van der Waals surface area contributed by atoms with Crippen molar-refractivity contribution in [2.24, 2.45) is 7.05 Å². The van der Waals surface area contributed by atoms with E-state index in [9.17, 15) is 4.79 Å². The highest BCUT2D eigenvalue weighted by molar-refractivity contribution is 5.77. The molecule has 22 heavy (non-hydrogen) atoms. The molecule has 0 radical (unpaired) electrons. The number of fused-ring (bicyclic) bond motifs is 1. The highest BCUT2D eigenvalue weighted by Gasteiger charge is 2.36. The van der Waals surface area contributed by atoms with Gasteiger partial charge < -0.3 is 4.90 Å². The normalized spacial score (nSPS) is 26.0. The largest absolute Gasteiger partial charge is 0.337 e. The maximum Gasteiger partial charge on any atom is 0.223 e.